The van der Waals surface area contributed by atoms with Gasteiger partial charge in [0.1, 0.15) is 11.5 Å². The van der Waals surface area contributed by atoms with Crippen LogP contribution in [-0.4, -0.2) is 16.0 Å². The maximum atomic E-state index is 5.74. The van der Waals surface area contributed by atoms with Crippen LogP contribution in [0.5, 0.6) is 11.5 Å². The smallest absolute Gasteiger partial charge is 0.146 e. The topological polar surface area (TPSA) is 47.0 Å². The van der Waals surface area contributed by atoms with Crippen LogP contribution < -0.4 is 10.1 Å². The molecule has 2 aromatic rings. The summed E-state index contributed by atoms with van der Waals surface area (Å²) in [5.41, 5.74) is 2.12. The molecular weight excluding hydrogens is 238 g/mol. The van der Waals surface area contributed by atoms with Crippen molar-refractivity contribution in [2.45, 2.75) is 32.4 Å². The van der Waals surface area contributed by atoms with E-state index in [1.54, 1.807) is 12.4 Å². The fourth-order valence-corrected chi connectivity index (χ4v) is 1.82. The normalized spacial score (nSPS) is 14.4. The Labute approximate surface area is 112 Å². The summed E-state index contributed by atoms with van der Waals surface area (Å²) >= 11 is 0. The van der Waals surface area contributed by atoms with Crippen LogP contribution in [-0.2, 0) is 6.54 Å². The zero-order valence-corrected chi connectivity index (χ0v) is 11.0. The van der Waals surface area contributed by atoms with Gasteiger partial charge in [0, 0.05) is 24.5 Å². The van der Waals surface area contributed by atoms with E-state index in [0.717, 1.165) is 29.3 Å². The molecule has 1 fully saturated rings. The van der Waals surface area contributed by atoms with Crippen LogP contribution in [0.15, 0.2) is 36.8 Å². The lowest BCUT2D eigenvalue weighted by Crippen LogP contribution is -2.15. The highest BCUT2D eigenvalue weighted by molar-refractivity contribution is 5.30. The minimum absolute atomic E-state index is 0.700. The highest BCUT2D eigenvalue weighted by atomic mass is 16.5. The number of aryl methyl sites for hydroxylation is 1. The number of hydrogen-bond acceptors (Lipinski definition) is 4. The molecule has 2 aromatic heterocycles. The quantitative estimate of drug-likeness (QED) is 0.892. The molecule has 0 bridgehead atoms. The first-order valence-electron chi connectivity index (χ1n) is 6.57. The third-order valence-electron chi connectivity index (χ3n) is 3.06. The summed E-state index contributed by atoms with van der Waals surface area (Å²) in [6, 6.07) is 6.56. The highest BCUT2D eigenvalue weighted by Crippen LogP contribution is 2.22. The summed E-state index contributed by atoms with van der Waals surface area (Å²) < 4.78 is 5.74. The lowest BCUT2D eigenvalue weighted by atomic mass is 10.2. The monoisotopic (exact) mass is 255 g/mol. The third kappa shape index (κ3) is 3.51. The number of nitrogens with one attached hydrogen (secondary N) is 1. The van der Waals surface area contributed by atoms with Gasteiger partial charge >= 0.3 is 0 Å². The maximum absolute atomic E-state index is 5.74. The Morgan fingerprint density at radius 3 is 2.84 bits per heavy atom. The van der Waals surface area contributed by atoms with Gasteiger partial charge in [-0.25, -0.2) is 0 Å². The van der Waals surface area contributed by atoms with Gasteiger partial charge in [0.15, 0.2) is 0 Å². The van der Waals surface area contributed by atoms with Crippen LogP contribution in [0.4, 0.5) is 0 Å². The molecular formula is C15H17N3O. The number of rotatable bonds is 5. The van der Waals surface area contributed by atoms with Gasteiger partial charge in [0.25, 0.3) is 0 Å². The fraction of sp³-hybridized carbons (Fsp3) is 0.333. The number of aromatic nitrogens is 2. The fourth-order valence-electron chi connectivity index (χ4n) is 1.82. The largest absolute Gasteiger partial charge is 0.454 e. The molecule has 1 aliphatic rings. The first-order valence-corrected chi connectivity index (χ1v) is 6.57. The van der Waals surface area contributed by atoms with E-state index in [0.29, 0.717) is 6.04 Å². The molecule has 2 heterocycles. The Kier molecular flexibility index (Phi) is 3.42. The molecule has 0 unspecified atom stereocenters. The Balaban J connectivity index is 1.66. The molecule has 0 aromatic carbocycles. The molecule has 4 nitrogen and oxygen atoms in total. The van der Waals surface area contributed by atoms with Gasteiger partial charge in [-0.05, 0) is 43.5 Å². The van der Waals surface area contributed by atoms with Crippen molar-refractivity contribution < 1.29 is 4.74 Å². The molecule has 0 radical (unpaired) electrons. The van der Waals surface area contributed by atoms with E-state index in [1.807, 2.05) is 31.3 Å². The molecule has 0 saturated heterocycles. The number of hydrogen-bond donors (Lipinski definition) is 1. The molecule has 4 heteroatoms. The van der Waals surface area contributed by atoms with Crippen molar-refractivity contribution in [1.29, 1.82) is 0 Å². The summed E-state index contributed by atoms with van der Waals surface area (Å²) in [7, 11) is 0. The summed E-state index contributed by atoms with van der Waals surface area (Å²) in [6.45, 7) is 2.80. The van der Waals surface area contributed by atoms with Crippen LogP contribution in [0, 0.1) is 6.92 Å². The minimum Gasteiger partial charge on any atom is -0.454 e. The van der Waals surface area contributed by atoms with Gasteiger partial charge in [-0.3, -0.25) is 9.97 Å². The van der Waals surface area contributed by atoms with Crippen molar-refractivity contribution in [3.63, 3.8) is 0 Å². The highest BCUT2D eigenvalue weighted by Gasteiger charge is 2.19. The van der Waals surface area contributed by atoms with E-state index in [4.69, 9.17) is 4.74 Å². The molecule has 0 spiro atoms. The zero-order valence-electron chi connectivity index (χ0n) is 11.0. The van der Waals surface area contributed by atoms with Crippen LogP contribution in [0.25, 0.3) is 0 Å². The van der Waals surface area contributed by atoms with E-state index in [1.165, 1.54) is 12.8 Å². The third-order valence-corrected chi connectivity index (χ3v) is 3.06. The van der Waals surface area contributed by atoms with E-state index in [2.05, 4.69) is 15.3 Å². The van der Waals surface area contributed by atoms with Crippen molar-refractivity contribution in [3.05, 3.63) is 48.0 Å². The van der Waals surface area contributed by atoms with Crippen molar-refractivity contribution in [2.75, 3.05) is 0 Å². The Bertz CT molecular complexity index is 550. The van der Waals surface area contributed by atoms with Crippen molar-refractivity contribution >= 4 is 0 Å². The second-order valence-corrected chi connectivity index (χ2v) is 4.92. The molecule has 1 aliphatic carbocycles. The Morgan fingerprint density at radius 2 is 2.11 bits per heavy atom. The Hall–Kier alpha value is -1.94. The molecule has 0 aliphatic heterocycles. The van der Waals surface area contributed by atoms with Crippen LogP contribution in [0.2, 0.25) is 0 Å². The number of nitrogens with zero attached hydrogens (tertiary/aromatic N) is 2. The summed E-state index contributed by atoms with van der Waals surface area (Å²) in [4.78, 5) is 8.42. The molecule has 0 atom stereocenters. The summed E-state index contributed by atoms with van der Waals surface area (Å²) in [5.74, 6) is 1.49. The molecule has 1 saturated carbocycles. The van der Waals surface area contributed by atoms with Crippen molar-refractivity contribution in [1.82, 2.24) is 15.3 Å². The van der Waals surface area contributed by atoms with Crippen LogP contribution in [0.1, 0.15) is 24.1 Å². The lowest BCUT2D eigenvalue weighted by Gasteiger charge is -2.07. The van der Waals surface area contributed by atoms with Gasteiger partial charge in [-0.1, -0.05) is 0 Å². The molecule has 19 heavy (non-hydrogen) atoms. The molecule has 98 valence electrons. The average molecular weight is 255 g/mol. The predicted octanol–water partition coefficient (Wildman–Crippen LogP) is 2.83. The first kappa shape index (κ1) is 12.1. The van der Waals surface area contributed by atoms with Crippen LogP contribution in [0.3, 0.4) is 0 Å². The van der Waals surface area contributed by atoms with Gasteiger partial charge < -0.3 is 10.1 Å². The molecule has 1 N–H and O–H groups in total. The van der Waals surface area contributed by atoms with E-state index in [-0.39, 0.29) is 0 Å². The average Bonchev–Trinajstić information content (AvgIpc) is 3.24. The van der Waals surface area contributed by atoms with Crippen molar-refractivity contribution in [2.24, 2.45) is 0 Å². The van der Waals surface area contributed by atoms with E-state index in [9.17, 15) is 0 Å². The second-order valence-electron chi connectivity index (χ2n) is 4.92. The first-order chi connectivity index (χ1) is 9.29. The maximum Gasteiger partial charge on any atom is 0.146 e. The predicted molar refractivity (Wildman–Crippen MR) is 73.1 cm³/mol. The van der Waals surface area contributed by atoms with Crippen LogP contribution >= 0.6 is 0 Å². The van der Waals surface area contributed by atoms with Crippen molar-refractivity contribution in [3.8, 4) is 11.5 Å². The van der Waals surface area contributed by atoms with E-state index >= 15 is 0 Å². The molecule has 3 rings (SSSR count). The summed E-state index contributed by atoms with van der Waals surface area (Å²) in [6.07, 6.45) is 7.90. The lowest BCUT2D eigenvalue weighted by molar-refractivity contribution is 0.476. The van der Waals surface area contributed by atoms with Gasteiger partial charge in [0.05, 0.1) is 12.4 Å². The van der Waals surface area contributed by atoms with Gasteiger partial charge in [0.2, 0.25) is 0 Å². The SMILES string of the molecule is Cc1ccc(Oc2cncc(CNC3CC3)c2)cn1. The van der Waals surface area contributed by atoms with Gasteiger partial charge in [-0.15, -0.1) is 0 Å². The zero-order chi connectivity index (χ0) is 13.1. The minimum atomic E-state index is 0.700. The summed E-state index contributed by atoms with van der Waals surface area (Å²) in [5, 5.41) is 3.46. The number of ether oxygens (including phenoxy) is 1. The number of pyridine rings is 2. The van der Waals surface area contributed by atoms with Gasteiger partial charge in [-0.2, -0.15) is 0 Å². The standard InChI is InChI=1S/C15H17N3O/c1-11-2-5-14(10-17-11)19-15-6-12(7-16-9-15)8-18-13-3-4-13/h2,5-7,9-10,13,18H,3-4,8H2,1H3. The van der Waals surface area contributed by atoms with E-state index < -0.39 is 0 Å². The second kappa shape index (κ2) is 5.36. The molecule has 0 amide bonds. The Morgan fingerprint density at radius 1 is 1.21 bits per heavy atom.